The van der Waals surface area contributed by atoms with Crippen molar-refractivity contribution in [2.75, 3.05) is 13.7 Å². The van der Waals surface area contributed by atoms with Crippen molar-refractivity contribution in [1.82, 2.24) is 16.0 Å². The number of carbonyl (C=O) groups is 4. The van der Waals surface area contributed by atoms with E-state index in [0.29, 0.717) is 12.2 Å². The third kappa shape index (κ3) is 9.60. The van der Waals surface area contributed by atoms with Crippen LogP contribution in [0.2, 0.25) is 0 Å². The number of ketones is 1. The molecule has 4 atom stereocenters. The van der Waals surface area contributed by atoms with E-state index in [-0.39, 0.29) is 25.2 Å². The van der Waals surface area contributed by atoms with Crippen molar-refractivity contribution in [3.63, 3.8) is 0 Å². The largest absolute Gasteiger partial charge is 0.497 e. The van der Waals surface area contributed by atoms with Crippen LogP contribution in [-0.2, 0) is 30.3 Å². The van der Waals surface area contributed by atoms with Crippen molar-refractivity contribution < 1.29 is 33.4 Å². The molecule has 1 heterocycles. The Morgan fingerprint density at radius 3 is 2.20 bits per heavy atom. The van der Waals surface area contributed by atoms with E-state index in [1.165, 1.54) is 0 Å². The molecule has 1 saturated heterocycles. The molecular weight excluding hydrogens is 528 g/mol. The first-order chi connectivity index (χ1) is 19.3. The second kappa shape index (κ2) is 13.6. The average molecular weight is 569 g/mol. The molecule has 222 valence electrons. The van der Waals surface area contributed by atoms with Crippen LogP contribution < -0.4 is 20.7 Å². The number of hydrogen-bond donors (Lipinski definition) is 3. The van der Waals surface area contributed by atoms with E-state index in [9.17, 15) is 24.4 Å². The molecule has 0 radical (unpaired) electrons. The Morgan fingerprint density at radius 2 is 1.66 bits per heavy atom. The lowest BCUT2D eigenvalue weighted by atomic mass is 9.94. The SMILES string of the molecule is COc1ccc(C[C@H](NC(=O)[C@H](CC#N)NC(=O)OC(C)(C)C)C(=O)N[C@@H](CC2=CCCC2)C(=O)[C@@]2(C)CO2)cc1. The zero-order chi connectivity index (χ0) is 30.2. The number of epoxide rings is 1. The number of nitrogens with one attached hydrogen (secondary N) is 3. The van der Waals surface area contributed by atoms with Gasteiger partial charge in [0.15, 0.2) is 5.78 Å². The molecule has 41 heavy (non-hydrogen) atoms. The summed E-state index contributed by atoms with van der Waals surface area (Å²) in [6.07, 6.45) is 4.13. The van der Waals surface area contributed by atoms with Crippen LogP contribution in [0.1, 0.15) is 65.4 Å². The van der Waals surface area contributed by atoms with Crippen LogP contribution in [0.25, 0.3) is 0 Å². The van der Waals surface area contributed by atoms with Crippen molar-refractivity contribution in [2.24, 2.45) is 0 Å². The number of nitriles is 1. The number of allylic oxidation sites excluding steroid dienone is 1. The Morgan fingerprint density at radius 1 is 1.02 bits per heavy atom. The van der Waals surface area contributed by atoms with Crippen molar-refractivity contribution in [3.05, 3.63) is 41.5 Å². The number of hydrogen-bond acceptors (Lipinski definition) is 8. The predicted molar refractivity (Wildman–Crippen MR) is 150 cm³/mol. The second-order valence-electron chi connectivity index (χ2n) is 11.6. The minimum absolute atomic E-state index is 0.0879. The highest BCUT2D eigenvalue weighted by atomic mass is 16.6. The van der Waals surface area contributed by atoms with E-state index in [2.05, 4.69) is 22.0 Å². The Bertz CT molecular complexity index is 1190. The van der Waals surface area contributed by atoms with Gasteiger partial charge in [0.05, 0.1) is 32.2 Å². The van der Waals surface area contributed by atoms with Gasteiger partial charge in [-0.15, -0.1) is 0 Å². The van der Waals surface area contributed by atoms with Gasteiger partial charge < -0.3 is 30.2 Å². The molecule has 11 nitrogen and oxygen atoms in total. The van der Waals surface area contributed by atoms with Crippen LogP contribution >= 0.6 is 0 Å². The van der Waals surface area contributed by atoms with E-state index in [1.807, 2.05) is 6.07 Å². The molecule has 0 aromatic heterocycles. The smallest absolute Gasteiger partial charge is 0.408 e. The molecule has 0 bridgehead atoms. The first-order valence-corrected chi connectivity index (χ1v) is 13.8. The molecule has 1 aliphatic carbocycles. The number of benzene rings is 1. The van der Waals surface area contributed by atoms with Crippen LogP contribution in [0.4, 0.5) is 4.79 Å². The minimum Gasteiger partial charge on any atom is -0.497 e. The fourth-order valence-electron chi connectivity index (χ4n) is 4.51. The molecule has 1 aromatic rings. The maximum absolute atomic E-state index is 13.7. The van der Waals surface area contributed by atoms with E-state index in [0.717, 1.165) is 30.4 Å². The molecule has 3 N–H and O–H groups in total. The fourth-order valence-corrected chi connectivity index (χ4v) is 4.51. The Balaban J connectivity index is 1.81. The molecule has 0 spiro atoms. The van der Waals surface area contributed by atoms with Gasteiger partial charge in [-0.2, -0.15) is 5.26 Å². The highest BCUT2D eigenvalue weighted by molar-refractivity contribution is 5.98. The molecule has 2 aliphatic rings. The molecule has 1 aliphatic heterocycles. The topological polar surface area (TPSA) is 159 Å². The Labute approximate surface area is 241 Å². The van der Waals surface area contributed by atoms with Crippen molar-refractivity contribution >= 4 is 23.7 Å². The summed E-state index contributed by atoms with van der Waals surface area (Å²) in [5.74, 6) is -0.891. The Kier molecular flexibility index (Phi) is 10.5. The third-order valence-electron chi connectivity index (χ3n) is 6.87. The van der Waals surface area contributed by atoms with E-state index >= 15 is 0 Å². The summed E-state index contributed by atoms with van der Waals surface area (Å²) in [5, 5.41) is 17.2. The summed E-state index contributed by atoms with van der Waals surface area (Å²) < 4.78 is 15.8. The van der Waals surface area contributed by atoms with Crippen LogP contribution in [-0.4, -0.2) is 66.7 Å². The monoisotopic (exact) mass is 568 g/mol. The van der Waals surface area contributed by atoms with Crippen LogP contribution in [0.3, 0.4) is 0 Å². The predicted octanol–water partition coefficient (Wildman–Crippen LogP) is 2.87. The molecule has 3 rings (SSSR count). The number of methoxy groups -OCH3 is 1. The van der Waals surface area contributed by atoms with Gasteiger partial charge in [-0.05, 0) is 71.1 Å². The molecule has 0 saturated carbocycles. The van der Waals surface area contributed by atoms with Crippen LogP contribution in [0.15, 0.2) is 35.9 Å². The zero-order valence-electron chi connectivity index (χ0n) is 24.4. The van der Waals surface area contributed by atoms with Crippen molar-refractivity contribution in [2.45, 2.75) is 95.5 Å². The number of nitrogens with zero attached hydrogens (tertiary/aromatic N) is 1. The summed E-state index contributed by atoms with van der Waals surface area (Å²) in [6.45, 7) is 7.01. The lowest BCUT2D eigenvalue weighted by Crippen LogP contribution is -2.57. The summed E-state index contributed by atoms with van der Waals surface area (Å²) >= 11 is 0. The van der Waals surface area contributed by atoms with E-state index < -0.39 is 47.2 Å². The first-order valence-electron chi connectivity index (χ1n) is 13.8. The van der Waals surface area contributed by atoms with Crippen LogP contribution in [0, 0.1) is 11.3 Å². The normalized spacial score (nSPS) is 20.0. The fraction of sp³-hybridized carbons (Fsp3) is 0.567. The maximum Gasteiger partial charge on any atom is 0.408 e. The summed E-state index contributed by atoms with van der Waals surface area (Å²) in [6, 6.07) is 5.68. The molecule has 1 fully saturated rings. The number of rotatable bonds is 13. The molecule has 1 aromatic carbocycles. The number of ether oxygens (including phenoxy) is 3. The Hall–Kier alpha value is -3.91. The highest BCUT2D eigenvalue weighted by Crippen LogP contribution is 2.31. The minimum atomic E-state index is -1.26. The zero-order valence-corrected chi connectivity index (χ0v) is 24.4. The lowest BCUT2D eigenvalue weighted by Gasteiger charge is -2.26. The maximum atomic E-state index is 13.7. The third-order valence-corrected chi connectivity index (χ3v) is 6.87. The number of amides is 3. The molecule has 3 amide bonds. The van der Waals surface area contributed by atoms with Crippen molar-refractivity contribution in [3.8, 4) is 11.8 Å². The summed E-state index contributed by atoms with van der Waals surface area (Å²) in [5.41, 5.74) is 0.0646. The number of alkyl carbamates (subject to hydrolysis) is 1. The van der Waals surface area contributed by atoms with Gasteiger partial charge >= 0.3 is 6.09 Å². The van der Waals surface area contributed by atoms with Gasteiger partial charge in [-0.3, -0.25) is 14.4 Å². The molecule has 11 heteroatoms. The first kappa shape index (κ1) is 31.6. The average Bonchev–Trinajstić information content (AvgIpc) is 3.45. The van der Waals surface area contributed by atoms with Gasteiger partial charge in [0, 0.05) is 6.42 Å². The van der Waals surface area contributed by atoms with Crippen LogP contribution in [0.5, 0.6) is 5.75 Å². The van der Waals surface area contributed by atoms with Gasteiger partial charge in [-0.25, -0.2) is 4.79 Å². The second-order valence-corrected chi connectivity index (χ2v) is 11.6. The lowest BCUT2D eigenvalue weighted by molar-refractivity contribution is -0.133. The summed E-state index contributed by atoms with van der Waals surface area (Å²) in [4.78, 5) is 52.6. The van der Waals surface area contributed by atoms with Crippen molar-refractivity contribution in [1.29, 1.82) is 5.26 Å². The quantitative estimate of drug-likeness (QED) is 0.242. The van der Waals surface area contributed by atoms with E-state index in [4.69, 9.17) is 14.2 Å². The van der Waals surface area contributed by atoms with Gasteiger partial charge in [-0.1, -0.05) is 23.8 Å². The van der Waals surface area contributed by atoms with Gasteiger partial charge in [0.2, 0.25) is 11.8 Å². The van der Waals surface area contributed by atoms with Gasteiger partial charge in [0.25, 0.3) is 0 Å². The summed E-state index contributed by atoms with van der Waals surface area (Å²) in [7, 11) is 1.54. The standard InChI is InChI=1S/C30H40N4O7/c1-29(2,3)41-28(38)34-22(14-15-31)26(36)33-24(17-20-10-12-21(39-5)13-11-20)27(37)32-23(16-19-8-6-7-9-19)25(35)30(4)18-40-30/h8,10-13,22-24H,6-7,9,14,16-18H2,1-5H3,(H,32,37)(H,33,36)(H,34,38)/t22-,23-,24-,30+/m0/s1. The van der Waals surface area contributed by atoms with Gasteiger partial charge in [0.1, 0.15) is 29.0 Å². The van der Waals surface area contributed by atoms with E-state index in [1.54, 1.807) is 59.1 Å². The molecule has 0 unspecified atom stereocenters. The molecular formula is C30H40N4O7. The number of carbonyl (C=O) groups excluding carboxylic acids is 4. The number of Topliss-reactive ketones (excluding diaryl/α,β-unsaturated/α-hetero) is 1. The highest BCUT2D eigenvalue weighted by Gasteiger charge is 2.50.